The summed E-state index contributed by atoms with van der Waals surface area (Å²) in [5, 5.41) is 12.5. The molecule has 1 fully saturated rings. The molecule has 0 unspecified atom stereocenters. The summed E-state index contributed by atoms with van der Waals surface area (Å²) in [5.41, 5.74) is 0. The van der Waals surface area contributed by atoms with Crippen LogP contribution in [0.5, 0.6) is 0 Å². The molecule has 1 heterocycles. The number of aromatic nitrogens is 2. The van der Waals surface area contributed by atoms with Gasteiger partial charge in [0.05, 0.1) is 11.1 Å². The molecule has 0 radical (unpaired) electrons. The van der Waals surface area contributed by atoms with Gasteiger partial charge in [-0.15, -0.1) is 0 Å². The maximum absolute atomic E-state index is 9.38. The Morgan fingerprint density at radius 1 is 1.40 bits per heavy atom. The summed E-state index contributed by atoms with van der Waals surface area (Å²) in [4.78, 5) is 11.1. The number of aliphatic hydroxyl groups is 1. The van der Waals surface area contributed by atoms with Gasteiger partial charge >= 0.3 is 0 Å². The third-order valence-corrected chi connectivity index (χ3v) is 4.25. The first-order valence-corrected chi connectivity index (χ1v) is 8.19. The first-order valence-electron chi connectivity index (χ1n) is 7.40. The monoisotopic (exact) mass is 342 g/mol. The molecule has 20 heavy (non-hydrogen) atoms. The van der Waals surface area contributed by atoms with Crippen molar-refractivity contribution in [1.29, 1.82) is 0 Å². The minimum absolute atomic E-state index is 0.142. The van der Waals surface area contributed by atoms with Crippen LogP contribution in [-0.4, -0.2) is 40.8 Å². The number of halogens is 1. The molecule has 0 aromatic carbocycles. The molecule has 1 saturated carbocycles. The normalized spacial score (nSPS) is 16.1. The second-order valence-corrected chi connectivity index (χ2v) is 5.96. The van der Waals surface area contributed by atoms with Crippen LogP contribution in [0.4, 0.5) is 11.8 Å². The molecule has 0 spiro atoms. The van der Waals surface area contributed by atoms with Crippen LogP contribution >= 0.6 is 15.9 Å². The van der Waals surface area contributed by atoms with Crippen LogP contribution in [0.25, 0.3) is 0 Å². The zero-order chi connectivity index (χ0) is 14.4. The lowest BCUT2D eigenvalue weighted by atomic mass is 9.94. The predicted octanol–water partition coefficient (Wildman–Crippen LogP) is 2.80. The zero-order valence-corrected chi connectivity index (χ0v) is 13.6. The number of nitrogens with one attached hydrogen (secondary N) is 1. The van der Waals surface area contributed by atoms with E-state index < -0.39 is 0 Å². The van der Waals surface area contributed by atoms with Gasteiger partial charge in [-0.3, -0.25) is 0 Å². The molecule has 0 saturated heterocycles. The number of nitrogens with zero attached hydrogens (tertiary/aromatic N) is 3. The van der Waals surface area contributed by atoms with E-state index in [-0.39, 0.29) is 6.61 Å². The molecule has 2 rings (SSSR count). The van der Waals surface area contributed by atoms with Crippen molar-refractivity contribution in [3.63, 3.8) is 0 Å². The zero-order valence-electron chi connectivity index (χ0n) is 12.0. The minimum Gasteiger partial charge on any atom is -0.395 e. The third-order valence-electron chi connectivity index (χ3n) is 3.69. The Hall–Kier alpha value is -0.880. The van der Waals surface area contributed by atoms with Gasteiger partial charge in [-0.05, 0) is 35.7 Å². The molecule has 0 bridgehead atoms. The fourth-order valence-corrected chi connectivity index (χ4v) is 3.18. The summed E-state index contributed by atoms with van der Waals surface area (Å²) in [5.74, 6) is 1.53. The van der Waals surface area contributed by atoms with Crippen LogP contribution in [0.1, 0.15) is 39.0 Å². The molecule has 2 N–H and O–H groups in total. The SMILES string of the molecule is CCNc1ncc(Br)c(N(CCO)C2CCCCC2)n1. The standard InChI is InChI=1S/C14H23BrN4O/c1-2-16-14-17-10-12(15)13(18-14)19(8-9-20)11-6-4-3-5-7-11/h10-11,20H,2-9H2,1H3,(H,16,17,18). The third kappa shape index (κ3) is 3.82. The van der Waals surface area contributed by atoms with Crippen LogP contribution in [0.2, 0.25) is 0 Å². The molecule has 6 heteroatoms. The van der Waals surface area contributed by atoms with Crippen molar-refractivity contribution in [2.24, 2.45) is 0 Å². The van der Waals surface area contributed by atoms with Gasteiger partial charge in [0.25, 0.3) is 0 Å². The Kier molecular flexibility index (Phi) is 6.04. The lowest BCUT2D eigenvalue weighted by Gasteiger charge is -2.35. The van der Waals surface area contributed by atoms with Crippen LogP contribution in [-0.2, 0) is 0 Å². The largest absolute Gasteiger partial charge is 0.395 e. The Bertz CT molecular complexity index is 424. The van der Waals surface area contributed by atoms with Crippen LogP contribution < -0.4 is 10.2 Å². The van der Waals surface area contributed by atoms with Gasteiger partial charge in [0.15, 0.2) is 0 Å². The number of rotatable bonds is 6. The minimum atomic E-state index is 0.142. The Balaban J connectivity index is 2.24. The van der Waals surface area contributed by atoms with Crippen molar-refractivity contribution in [3.8, 4) is 0 Å². The van der Waals surface area contributed by atoms with Crippen molar-refractivity contribution in [3.05, 3.63) is 10.7 Å². The van der Waals surface area contributed by atoms with Gasteiger partial charge in [-0.2, -0.15) is 4.98 Å². The van der Waals surface area contributed by atoms with Gasteiger partial charge in [0, 0.05) is 25.3 Å². The van der Waals surface area contributed by atoms with Crippen molar-refractivity contribution in [2.75, 3.05) is 29.9 Å². The van der Waals surface area contributed by atoms with E-state index in [1.165, 1.54) is 32.1 Å². The van der Waals surface area contributed by atoms with Crippen molar-refractivity contribution in [2.45, 2.75) is 45.1 Å². The average Bonchev–Trinajstić information content (AvgIpc) is 2.48. The highest BCUT2D eigenvalue weighted by Gasteiger charge is 2.24. The Morgan fingerprint density at radius 2 is 2.15 bits per heavy atom. The van der Waals surface area contributed by atoms with E-state index in [4.69, 9.17) is 0 Å². The molecule has 112 valence electrons. The maximum Gasteiger partial charge on any atom is 0.224 e. The molecular weight excluding hydrogens is 320 g/mol. The van der Waals surface area contributed by atoms with Gasteiger partial charge in [-0.1, -0.05) is 19.3 Å². The van der Waals surface area contributed by atoms with Crippen molar-refractivity contribution < 1.29 is 5.11 Å². The van der Waals surface area contributed by atoms with E-state index >= 15 is 0 Å². The Morgan fingerprint density at radius 3 is 2.80 bits per heavy atom. The highest BCUT2D eigenvalue weighted by Crippen LogP contribution is 2.31. The Labute approximate surface area is 128 Å². The predicted molar refractivity (Wildman–Crippen MR) is 85.2 cm³/mol. The molecular formula is C14H23BrN4O. The smallest absolute Gasteiger partial charge is 0.224 e. The van der Waals surface area contributed by atoms with E-state index in [1.54, 1.807) is 6.20 Å². The fourth-order valence-electron chi connectivity index (χ4n) is 2.76. The average molecular weight is 343 g/mol. The van der Waals surface area contributed by atoms with Crippen LogP contribution in [0, 0.1) is 0 Å². The quantitative estimate of drug-likeness (QED) is 0.832. The molecule has 0 aliphatic heterocycles. The van der Waals surface area contributed by atoms with E-state index in [1.807, 2.05) is 6.92 Å². The van der Waals surface area contributed by atoms with Gasteiger partial charge in [0.2, 0.25) is 5.95 Å². The van der Waals surface area contributed by atoms with E-state index in [2.05, 4.69) is 36.1 Å². The second-order valence-electron chi connectivity index (χ2n) is 5.10. The summed E-state index contributed by atoms with van der Waals surface area (Å²) in [6, 6.07) is 0.469. The van der Waals surface area contributed by atoms with E-state index in [0.717, 1.165) is 16.8 Å². The summed E-state index contributed by atoms with van der Waals surface area (Å²) in [7, 11) is 0. The second kappa shape index (κ2) is 7.78. The molecule has 0 amide bonds. The lowest BCUT2D eigenvalue weighted by Crippen LogP contribution is -2.39. The number of hydrogen-bond donors (Lipinski definition) is 2. The summed E-state index contributed by atoms with van der Waals surface area (Å²) in [6.45, 7) is 3.58. The van der Waals surface area contributed by atoms with Gasteiger partial charge in [-0.25, -0.2) is 4.98 Å². The molecule has 5 nitrogen and oxygen atoms in total. The van der Waals surface area contributed by atoms with Crippen molar-refractivity contribution >= 4 is 27.7 Å². The summed E-state index contributed by atoms with van der Waals surface area (Å²) in [6.07, 6.45) is 7.97. The molecule has 1 aliphatic carbocycles. The molecule has 0 atom stereocenters. The van der Waals surface area contributed by atoms with Crippen LogP contribution in [0.3, 0.4) is 0 Å². The van der Waals surface area contributed by atoms with E-state index in [0.29, 0.717) is 18.5 Å². The van der Waals surface area contributed by atoms with Crippen molar-refractivity contribution in [1.82, 2.24) is 9.97 Å². The number of hydrogen-bond acceptors (Lipinski definition) is 5. The summed E-state index contributed by atoms with van der Waals surface area (Å²) >= 11 is 3.54. The lowest BCUT2D eigenvalue weighted by molar-refractivity contribution is 0.289. The number of aliphatic hydroxyl groups excluding tert-OH is 1. The topological polar surface area (TPSA) is 61.3 Å². The fraction of sp³-hybridized carbons (Fsp3) is 0.714. The first-order chi connectivity index (χ1) is 9.76. The number of anilines is 2. The van der Waals surface area contributed by atoms with Gasteiger partial charge in [0.1, 0.15) is 5.82 Å². The molecule has 1 aromatic rings. The summed E-state index contributed by atoms with van der Waals surface area (Å²) < 4.78 is 0.887. The maximum atomic E-state index is 9.38. The highest BCUT2D eigenvalue weighted by atomic mass is 79.9. The molecule has 1 aromatic heterocycles. The van der Waals surface area contributed by atoms with Crippen LogP contribution in [0.15, 0.2) is 10.7 Å². The molecule has 1 aliphatic rings. The first kappa shape index (κ1) is 15.5. The highest BCUT2D eigenvalue weighted by molar-refractivity contribution is 9.10. The van der Waals surface area contributed by atoms with E-state index in [9.17, 15) is 5.11 Å². The van der Waals surface area contributed by atoms with Gasteiger partial charge < -0.3 is 15.3 Å².